The van der Waals surface area contributed by atoms with Crippen LogP contribution in [0.4, 0.5) is 13.6 Å². The van der Waals surface area contributed by atoms with E-state index in [9.17, 15) is 18.4 Å². The molecule has 202 valence electrons. The number of hydrogen-bond donors (Lipinski definition) is 1. The maximum absolute atomic E-state index is 13.3. The molecule has 1 aliphatic heterocycles. The molecular formula is C26H33F2N3O6. The molecule has 37 heavy (non-hydrogen) atoms. The predicted molar refractivity (Wildman–Crippen MR) is 130 cm³/mol. The molecule has 1 aromatic heterocycles. The van der Waals surface area contributed by atoms with E-state index < -0.39 is 24.3 Å². The highest BCUT2D eigenvalue weighted by atomic mass is 19.3. The second-order valence-electron chi connectivity index (χ2n) is 10.4. The highest BCUT2D eigenvalue weighted by molar-refractivity contribution is 5.94. The topological polar surface area (TPSA) is 103 Å². The summed E-state index contributed by atoms with van der Waals surface area (Å²) in [7, 11) is 0. The number of hydrogen-bond acceptors (Lipinski definition) is 7. The Kier molecular flexibility index (Phi) is 7.89. The van der Waals surface area contributed by atoms with Crippen molar-refractivity contribution in [2.45, 2.75) is 71.6 Å². The first-order valence-electron chi connectivity index (χ1n) is 12.5. The van der Waals surface area contributed by atoms with Crippen molar-refractivity contribution in [3.8, 4) is 23.0 Å². The fourth-order valence-electron chi connectivity index (χ4n) is 3.96. The highest BCUT2D eigenvalue weighted by Gasteiger charge is 2.31. The highest BCUT2D eigenvalue weighted by Crippen LogP contribution is 2.37. The molecule has 1 saturated carbocycles. The average molecular weight is 522 g/mol. The third-order valence-corrected chi connectivity index (χ3v) is 5.95. The van der Waals surface area contributed by atoms with Crippen molar-refractivity contribution in [3.05, 3.63) is 29.7 Å². The van der Waals surface area contributed by atoms with Crippen LogP contribution in [0.5, 0.6) is 11.5 Å². The zero-order valence-electron chi connectivity index (χ0n) is 21.5. The van der Waals surface area contributed by atoms with Crippen LogP contribution in [-0.4, -0.2) is 53.8 Å². The van der Waals surface area contributed by atoms with Gasteiger partial charge in [-0.3, -0.25) is 4.79 Å². The van der Waals surface area contributed by atoms with Gasteiger partial charge in [-0.15, -0.1) is 0 Å². The first kappa shape index (κ1) is 26.7. The lowest BCUT2D eigenvalue weighted by atomic mass is 10.2. The van der Waals surface area contributed by atoms with Crippen molar-refractivity contribution < 1.29 is 37.0 Å². The van der Waals surface area contributed by atoms with E-state index in [0.29, 0.717) is 31.2 Å². The van der Waals surface area contributed by atoms with Gasteiger partial charge >= 0.3 is 12.7 Å². The van der Waals surface area contributed by atoms with E-state index in [1.165, 1.54) is 18.2 Å². The molecule has 0 unspecified atom stereocenters. The van der Waals surface area contributed by atoms with Crippen molar-refractivity contribution in [1.82, 2.24) is 15.2 Å². The summed E-state index contributed by atoms with van der Waals surface area (Å²) in [4.78, 5) is 31.8. The van der Waals surface area contributed by atoms with Gasteiger partial charge in [-0.25, -0.2) is 9.78 Å². The Labute approximate surface area is 214 Å². The fraction of sp³-hybridized carbons (Fsp3) is 0.577. The van der Waals surface area contributed by atoms with E-state index in [1.54, 1.807) is 32.6 Å². The van der Waals surface area contributed by atoms with E-state index in [1.807, 2.05) is 0 Å². The van der Waals surface area contributed by atoms with Gasteiger partial charge in [-0.2, -0.15) is 8.78 Å². The Bertz CT molecular complexity index is 1120. The lowest BCUT2D eigenvalue weighted by Crippen LogP contribution is -2.35. The monoisotopic (exact) mass is 521 g/mol. The molecule has 1 N–H and O–H groups in total. The van der Waals surface area contributed by atoms with Crippen molar-refractivity contribution in [2.75, 3.05) is 19.7 Å². The molecule has 2 amide bonds. The summed E-state index contributed by atoms with van der Waals surface area (Å²) in [6.07, 6.45) is 3.17. The van der Waals surface area contributed by atoms with Crippen LogP contribution >= 0.6 is 0 Å². The maximum Gasteiger partial charge on any atom is 0.408 e. The van der Waals surface area contributed by atoms with Crippen LogP contribution in [0.2, 0.25) is 0 Å². The van der Waals surface area contributed by atoms with Crippen LogP contribution in [0.1, 0.15) is 75.7 Å². The summed E-state index contributed by atoms with van der Waals surface area (Å²) < 4.78 is 47.6. The van der Waals surface area contributed by atoms with Crippen molar-refractivity contribution in [1.29, 1.82) is 0 Å². The smallest absolute Gasteiger partial charge is 0.408 e. The number of amides is 2. The summed E-state index contributed by atoms with van der Waals surface area (Å²) in [5.41, 5.74) is -0.212. The van der Waals surface area contributed by atoms with E-state index in [0.717, 1.165) is 25.7 Å². The number of halogens is 2. The largest absolute Gasteiger partial charge is 0.489 e. The number of carbonyl (C=O) groups excluding carboxylic acids is 2. The SMILES string of the molecule is C[C@H](NC(=O)OC(C)(C)C)c1oc(-c2ccc(OC(F)F)c(OCC3CC3)c2)nc1C(=O)N1CCCC1. The Balaban J connectivity index is 1.65. The third-order valence-electron chi connectivity index (χ3n) is 5.95. The zero-order valence-corrected chi connectivity index (χ0v) is 21.5. The number of alkyl carbamates (subject to hydrolysis) is 1. The van der Waals surface area contributed by atoms with Crippen LogP contribution in [0.15, 0.2) is 22.6 Å². The number of aromatic nitrogens is 1. The van der Waals surface area contributed by atoms with Crippen LogP contribution < -0.4 is 14.8 Å². The number of ether oxygens (including phenoxy) is 3. The molecule has 4 rings (SSSR count). The van der Waals surface area contributed by atoms with Gasteiger partial charge in [0.15, 0.2) is 23.0 Å². The number of likely N-dealkylation sites (tertiary alicyclic amines) is 1. The molecule has 11 heteroatoms. The predicted octanol–water partition coefficient (Wildman–Crippen LogP) is 5.55. The Morgan fingerprint density at radius 3 is 2.51 bits per heavy atom. The van der Waals surface area contributed by atoms with E-state index >= 15 is 0 Å². The van der Waals surface area contributed by atoms with Gasteiger partial charge in [0.2, 0.25) is 5.89 Å². The fourth-order valence-corrected chi connectivity index (χ4v) is 3.96. The van der Waals surface area contributed by atoms with Crippen LogP contribution in [0.3, 0.4) is 0 Å². The Morgan fingerprint density at radius 2 is 1.89 bits per heavy atom. The molecule has 0 radical (unpaired) electrons. The van der Waals surface area contributed by atoms with Gasteiger partial charge < -0.3 is 28.8 Å². The van der Waals surface area contributed by atoms with Crippen LogP contribution in [0.25, 0.3) is 11.5 Å². The minimum Gasteiger partial charge on any atom is -0.489 e. The summed E-state index contributed by atoms with van der Waals surface area (Å²) >= 11 is 0. The minimum absolute atomic E-state index is 0.0776. The molecular weight excluding hydrogens is 488 g/mol. The Morgan fingerprint density at radius 1 is 1.19 bits per heavy atom. The normalized spacial score (nSPS) is 16.6. The first-order chi connectivity index (χ1) is 17.5. The summed E-state index contributed by atoms with van der Waals surface area (Å²) in [6, 6.07) is 3.64. The maximum atomic E-state index is 13.3. The summed E-state index contributed by atoms with van der Waals surface area (Å²) in [6.45, 7) is 5.49. The molecule has 1 aromatic carbocycles. The van der Waals surface area contributed by atoms with Gasteiger partial charge in [0, 0.05) is 18.7 Å². The van der Waals surface area contributed by atoms with Gasteiger partial charge in [-0.1, -0.05) is 0 Å². The lowest BCUT2D eigenvalue weighted by Gasteiger charge is -2.21. The van der Waals surface area contributed by atoms with E-state index in [2.05, 4.69) is 15.0 Å². The second-order valence-corrected chi connectivity index (χ2v) is 10.4. The molecule has 9 nitrogen and oxygen atoms in total. The minimum atomic E-state index is -3.01. The van der Waals surface area contributed by atoms with Gasteiger partial charge in [0.05, 0.1) is 12.6 Å². The molecule has 0 bridgehead atoms. The number of benzene rings is 1. The molecule has 1 saturated heterocycles. The molecule has 1 aliphatic carbocycles. The second kappa shape index (κ2) is 10.9. The third kappa shape index (κ3) is 7.11. The molecule has 2 heterocycles. The van der Waals surface area contributed by atoms with Crippen LogP contribution in [-0.2, 0) is 4.74 Å². The van der Waals surface area contributed by atoms with Crippen molar-refractivity contribution in [2.24, 2.45) is 5.92 Å². The molecule has 1 atom stereocenters. The van der Waals surface area contributed by atoms with Crippen molar-refractivity contribution >= 4 is 12.0 Å². The molecule has 2 fully saturated rings. The number of nitrogens with one attached hydrogen (secondary N) is 1. The average Bonchev–Trinajstić information content (AvgIpc) is 3.28. The summed E-state index contributed by atoms with van der Waals surface area (Å²) in [5.74, 6) is 0.390. The number of rotatable bonds is 9. The zero-order chi connectivity index (χ0) is 26.7. The lowest BCUT2D eigenvalue weighted by molar-refractivity contribution is -0.0515. The number of alkyl halides is 2. The quantitative estimate of drug-likeness (QED) is 0.461. The van der Waals surface area contributed by atoms with Crippen LogP contribution in [0, 0.1) is 5.92 Å². The van der Waals surface area contributed by atoms with E-state index in [4.69, 9.17) is 13.9 Å². The number of nitrogens with zero attached hydrogens (tertiary/aromatic N) is 2. The van der Waals surface area contributed by atoms with Crippen molar-refractivity contribution in [3.63, 3.8) is 0 Å². The molecule has 0 spiro atoms. The summed E-state index contributed by atoms with van der Waals surface area (Å²) in [5, 5.41) is 2.69. The molecule has 2 aromatic rings. The number of oxazole rings is 1. The standard InChI is InChI=1S/C26H33F2N3O6/c1-15(29-25(33)37-26(2,3)4)21-20(23(32)31-11-5-6-12-31)30-22(36-21)17-9-10-18(35-24(27)28)19(13-17)34-14-16-7-8-16/h9-10,13,15-16,24H,5-8,11-12,14H2,1-4H3,(H,29,33)/t15-/m0/s1. The molecule has 2 aliphatic rings. The first-order valence-corrected chi connectivity index (χ1v) is 12.5. The van der Waals surface area contributed by atoms with E-state index in [-0.39, 0.29) is 34.8 Å². The Hall–Kier alpha value is -3.37. The van der Waals surface area contributed by atoms with Gasteiger partial charge in [-0.05, 0) is 77.5 Å². The van der Waals surface area contributed by atoms with Gasteiger partial charge in [0.1, 0.15) is 5.60 Å². The number of carbonyl (C=O) groups is 2. The van der Waals surface area contributed by atoms with Gasteiger partial charge in [0.25, 0.3) is 5.91 Å².